The number of hydrogen-bond donors (Lipinski definition) is 1. The number of hydrogen-bond acceptors (Lipinski definition) is 6. The molecule has 2 heterocycles. The molecule has 0 bridgehead atoms. The van der Waals surface area contributed by atoms with E-state index >= 15 is 4.39 Å². The molecule has 0 radical (unpaired) electrons. The summed E-state index contributed by atoms with van der Waals surface area (Å²) >= 11 is 0. The smallest absolute Gasteiger partial charge is 0.335 e. The summed E-state index contributed by atoms with van der Waals surface area (Å²) in [6.07, 6.45) is 0.199. The van der Waals surface area contributed by atoms with Gasteiger partial charge in [-0.15, -0.1) is 0 Å². The number of carboxylic acids is 1. The Bertz CT molecular complexity index is 1680. The van der Waals surface area contributed by atoms with Crippen molar-refractivity contribution in [2.45, 2.75) is 13.0 Å². The maximum atomic E-state index is 15.3. The third kappa shape index (κ3) is 5.89. The summed E-state index contributed by atoms with van der Waals surface area (Å²) in [5.41, 5.74) is 3.46. The summed E-state index contributed by atoms with van der Waals surface area (Å²) in [6, 6.07) is 23.5. The third-order valence-electron chi connectivity index (χ3n) is 6.46. The summed E-state index contributed by atoms with van der Waals surface area (Å²) < 4.78 is 28.0. The van der Waals surface area contributed by atoms with Gasteiger partial charge in [-0.25, -0.2) is 19.2 Å². The minimum atomic E-state index is -1.03. The fourth-order valence-corrected chi connectivity index (χ4v) is 4.40. The number of Topliss-reactive ketones (excluding diaryl/α,β-unsaturated/α-hetero) is 1. The van der Waals surface area contributed by atoms with Gasteiger partial charge in [-0.1, -0.05) is 48.5 Å². The van der Waals surface area contributed by atoms with Crippen LogP contribution < -0.4 is 4.74 Å². The van der Waals surface area contributed by atoms with Crippen LogP contribution in [0.1, 0.15) is 32.1 Å². The predicted molar refractivity (Wildman–Crippen MR) is 147 cm³/mol. The molecule has 0 unspecified atom stereocenters. The van der Waals surface area contributed by atoms with Crippen molar-refractivity contribution in [3.05, 3.63) is 113 Å². The average Bonchev–Trinajstić information content (AvgIpc) is 3.32. The maximum Gasteiger partial charge on any atom is 0.335 e. The zero-order valence-corrected chi connectivity index (χ0v) is 21.7. The van der Waals surface area contributed by atoms with E-state index in [0.29, 0.717) is 52.4 Å². The van der Waals surface area contributed by atoms with Crippen molar-refractivity contribution < 1.29 is 28.6 Å². The number of pyridine rings is 1. The molecule has 0 aliphatic rings. The van der Waals surface area contributed by atoms with Crippen molar-refractivity contribution in [2.75, 3.05) is 20.3 Å². The zero-order valence-electron chi connectivity index (χ0n) is 21.7. The van der Waals surface area contributed by atoms with Gasteiger partial charge in [-0.2, -0.15) is 0 Å². The molecular weight excluding hydrogens is 513 g/mol. The molecule has 0 aliphatic carbocycles. The second-order valence-corrected chi connectivity index (χ2v) is 9.10. The second-order valence-electron chi connectivity index (χ2n) is 9.10. The van der Waals surface area contributed by atoms with Crippen LogP contribution in [0.5, 0.6) is 5.88 Å². The first kappa shape index (κ1) is 26.7. The van der Waals surface area contributed by atoms with Gasteiger partial charge in [0.2, 0.25) is 5.88 Å². The molecule has 5 aromatic rings. The highest BCUT2D eigenvalue weighted by Crippen LogP contribution is 2.25. The molecule has 0 atom stereocenters. The number of ketones is 1. The normalized spacial score (nSPS) is 11.1. The molecule has 0 spiro atoms. The Morgan fingerprint density at radius 1 is 0.925 bits per heavy atom. The third-order valence-corrected chi connectivity index (χ3v) is 6.46. The molecule has 0 saturated carbocycles. The van der Waals surface area contributed by atoms with Gasteiger partial charge in [-0.3, -0.25) is 4.79 Å². The molecule has 0 saturated heterocycles. The van der Waals surface area contributed by atoms with Crippen molar-refractivity contribution in [3.8, 4) is 17.1 Å². The standard InChI is InChI=1S/C31H26FN3O5/c1-39-15-14-35-27-17-23(31(37)38)12-13-26(27)33-29(35)18-21-10-11-22(16-24(21)32)25-8-5-9-30(34-25)40-19-28(36)20-6-3-2-4-7-20/h2-13,16-17H,14-15,18-19H2,1H3,(H,37,38). The summed E-state index contributed by atoms with van der Waals surface area (Å²) in [5.74, 6) is -0.771. The van der Waals surface area contributed by atoms with E-state index < -0.39 is 11.8 Å². The number of rotatable bonds is 11. The Morgan fingerprint density at radius 2 is 1.75 bits per heavy atom. The van der Waals surface area contributed by atoms with Crippen LogP contribution in [0.2, 0.25) is 0 Å². The quantitative estimate of drug-likeness (QED) is 0.223. The Labute approximate surface area is 229 Å². The number of aromatic nitrogens is 3. The minimum Gasteiger partial charge on any atom is -0.478 e. The summed E-state index contributed by atoms with van der Waals surface area (Å²) in [4.78, 5) is 32.9. The van der Waals surface area contributed by atoms with E-state index in [4.69, 9.17) is 9.47 Å². The first-order valence-corrected chi connectivity index (χ1v) is 12.6. The van der Waals surface area contributed by atoms with Crippen molar-refractivity contribution in [1.82, 2.24) is 14.5 Å². The van der Waals surface area contributed by atoms with Crippen LogP contribution in [0.25, 0.3) is 22.3 Å². The van der Waals surface area contributed by atoms with Crippen LogP contribution in [-0.4, -0.2) is 51.7 Å². The molecule has 0 amide bonds. The predicted octanol–water partition coefficient (Wildman–Crippen LogP) is 5.43. The largest absolute Gasteiger partial charge is 0.478 e. The number of imidazole rings is 1. The highest BCUT2D eigenvalue weighted by Gasteiger charge is 2.16. The van der Waals surface area contributed by atoms with Crippen LogP contribution in [0.4, 0.5) is 4.39 Å². The number of fused-ring (bicyclic) bond motifs is 1. The number of ether oxygens (including phenoxy) is 2. The molecule has 0 aliphatic heterocycles. The molecule has 202 valence electrons. The van der Waals surface area contributed by atoms with E-state index in [1.165, 1.54) is 12.1 Å². The maximum absolute atomic E-state index is 15.3. The highest BCUT2D eigenvalue weighted by molar-refractivity contribution is 5.97. The number of carbonyl (C=O) groups excluding carboxylic acids is 1. The van der Waals surface area contributed by atoms with Crippen molar-refractivity contribution in [1.29, 1.82) is 0 Å². The topological polar surface area (TPSA) is 104 Å². The first-order valence-electron chi connectivity index (χ1n) is 12.6. The minimum absolute atomic E-state index is 0.149. The SMILES string of the molecule is COCCn1c(Cc2ccc(-c3cccc(OCC(=O)c4ccccc4)n3)cc2F)nc2ccc(C(=O)O)cc21. The average molecular weight is 540 g/mol. The van der Waals surface area contributed by atoms with Gasteiger partial charge in [0.05, 0.1) is 28.9 Å². The molecule has 40 heavy (non-hydrogen) atoms. The molecule has 2 aromatic heterocycles. The van der Waals surface area contributed by atoms with E-state index in [0.717, 1.165) is 0 Å². The van der Waals surface area contributed by atoms with Crippen LogP contribution in [-0.2, 0) is 17.7 Å². The van der Waals surface area contributed by atoms with E-state index in [9.17, 15) is 14.7 Å². The summed E-state index contributed by atoms with van der Waals surface area (Å²) in [6.45, 7) is 0.665. The number of halogens is 1. The van der Waals surface area contributed by atoms with E-state index in [2.05, 4.69) is 9.97 Å². The highest BCUT2D eigenvalue weighted by atomic mass is 19.1. The van der Waals surface area contributed by atoms with Crippen molar-refractivity contribution >= 4 is 22.8 Å². The molecule has 5 rings (SSSR count). The lowest BCUT2D eigenvalue weighted by Crippen LogP contribution is -2.12. The van der Waals surface area contributed by atoms with Gasteiger partial charge in [0.1, 0.15) is 11.6 Å². The second kappa shape index (κ2) is 11.9. The zero-order chi connectivity index (χ0) is 28.1. The Balaban J connectivity index is 1.36. The van der Waals surface area contributed by atoms with E-state index in [-0.39, 0.29) is 30.3 Å². The summed E-state index contributed by atoms with van der Waals surface area (Å²) in [7, 11) is 1.58. The number of benzene rings is 3. The fraction of sp³-hybridized carbons (Fsp3) is 0.161. The fourth-order valence-electron chi connectivity index (χ4n) is 4.40. The lowest BCUT2D eigenvalue weighted by Gasteiger charge is -2.11. The van der Waals surface area contributed by atoms with Crippen LogP contribution in [0.3, 0.4) is 0 Å². The monoisotopic (exact) mass is 539 g/mol. The van der Waals surface area contributed by atoms with Gasteiger partial charge in [0.25, 0.3) is 0 Å². The van der Waals surface area contributed by atoms with Crippen LogP contribution >= 0.6 is 0 Å². The van der Waals surface area contributed by atoms with Crippen molar-refractivity contribution in [3.63, 3.8) is 0 Å². The summed E-state index contributed by atoms with van der Waals surface area (Å²) in [5, 5.41) is 9.40. The van der Waals surface area contributed by atoms with Gasteiger partial charge in [0, 0.05) is 37.3 Å². The lowest BCUT2D eigenvalue weighted by atomic mass is 10.1. The molecule has 8 nitrogen and oxygen atoms in total. The molecule has 3 aromatic carbocycles. The number of carbonyl (C=O) groups is 2. The van der Waals surface area contributed by atoms with E-state index in [1.54, 1.807) is 73.8 Å². The van der Waals surface area contributed by atoms with E-state index in [1.807, 2.05) is 10.6 Å². The Morgan fingerprint density at radius 3 is 2.50 bits per heavy atom. The number of methoxy groups -OCH3 is 1. The number of carboxylic acid groups (broad SMARTS) is 1. The van der Waals surface area contributed by atoms with Gasteiger partial charge >= 0.3 is 5.97 Å². The molecular formula is C31H26FN3O5. The van der Waals surface area contributed by atoms with Crippen LogP contribution in [0.15, 0.2) is 84.9 Å². The Hall–Kier alpha value is -4.89. The van der Waals surface area contributed by atoms with Crippen LogP contribution in [0, 0.1) is 5.82 Å². The molecule has 9 heteroatoms. The molecule has 1 N–H and O–H groups in total. The van der Waals surface area contributed by atoms with Gasteiger partial charge in [-0.05, 0) is 35.9 Å². The molecule has 0 fully saturated rings. The Kier molecular flexibility index (Phi) is 7.93. The van der Waals surface area contributed by atoms with Gasteiger partial charge < -0.3 is 19.1 Å². The number of aromatic carboxylic acids is 1. The van der Waals surface area contributed by atoms with Gasteiger partial charge in [0.15, 0.2) is 12.4 Å². The first-order chi connectivity index (χ1) is 19.4. The number of nitrogens with zero attached hydrogens (tertiary/aromatic N) is 3. The lowest BCUT2D eigenvalue weighted by molar-refractivity contribution is 0.0696. The van der Waals surface area contributed by atoms with Crippen molar-refractivity contribution in [2.24, 2.45) is 0 Å².